The third-order valence-corrected chi connectivity index (χ3v) is 5.25. The van der Waals surface area contributed by atoms with Crippen LogP contribution in [0.3, 0.4) is 0 Å². The van der Waals surface area contributed by atoms with Crippen molar-refractivity contribution < 1.29 is 4.74 Å². The van der Waals surface area contributed by atoms with Gasteiger partial charge in [-0.05, 0) is 26.2 Å². The van der Waals surface area contributed by atoms with Crippen LogP contribution in [0.25, 0.3) is 0 Å². The van der Waals surface area contributed by atoms with E-state index in [1.165, 1.54) is 0 Å². The molecule has 1 fully saturated rings. The number of hydrogen-bond donors (Lipinski definition) is 2. The van der Waals surface area contributed by atoms with Gasteiger partial charge in [0.2, 0.25) is 0 Å². The number of aromatic nitrogens is 3. The van der Waals surface area contributed by atoms with E-state index in [-0.39, 0.29) is 0 Å². The van der Waals surface area contributed by atoms with E-state index in [4.69, 9.17) is 4.74 Å². The lowest BCUT2D eigenvalue weighted by Gasteiger charge is -2.32. The van der Waals surface area contributed by atoms with Gasteiger partial charge >= 0.3 is 0 Å². The van der Waals surface area contributed by atoms with Crippen molar-refractivity contribution in [1.82, 2.24) is 30.3 Å². The number of fused-ring (bicyclic) bond motifs is 1. The van der Waals surface area contributed by atoms with E-state index >= 15 is 0 Å². The van der Waals surface area contributed by atoms with E-state index in [2.05, 4.69) is 42.2 Å². The second-order valence-electron chi connectivity index (χ2n) is 7.01. The Kier molecular flexibility index (Phi) is 6.25. The molecular weight excluding hydrogens is 318 g/mol. The van der Waals surface area contributed by atoms with E-state index in [0.717, 1.165) is 76.4 Å². The molecule has 2 atom stereocenters. The molecule has 0 radical (unpaired) electrons. The Balaban J connectivity index is 1.41. The van der Waals surface area contributed by atoms with Gasteiger partial charge in [-0.2, -0.15) is 0 Å². The Bertz CT molecular complexity index is 580. The average molecular weight is 349 g/mol. The van der Waals surface area contributed by atoms with Crippen molar-refractivity contribution >= 4 is 5.96 Å². The quantitative estimate of drug-likeness (QED) is 0.577. The molecule has 0 bridgehead atoms. The van der Waals surface area contributed by atoms with Crippen molar-refractivity contribution in [2.75, 3.05) is 46.4 Å². The minimum absolute atomic E-state index is 0.472. The molecule has 2 unspecified atom stereocenters. The molecule has 8 nitrogen and oxygen atoms in total. The first-order valence-corrected chi connectivity index (χ1v) is 9.32. The van der Waals surface area contributed by atoms with Crippen molar-refractivity contribution in [2.24, 2.45) is 10.9 Å². The van der Waals surface area contributed by atoms with E-state index in [1.54, 1.807) is 0 Å². The van der Waals surface area contributed by atoms with Gasteiger partial charge in [-0.1, -0.05) is 0 Å². The Morgan fingerprint density at radius 3 is 2.88 bits per heavy atom. The van der Waals surface area contributed by atoms with Crippen LogP contribution in [-0.2, 0) is 17.7 Å². The van der Waals surface area contributed by atoms with Gasteiger partial charge in [0.1, 0.15) is 11.6 Å². The molecule has 3 heterocycles. The molecule has 2 aliphatic heterocycles. The number of morpholine rings is 1. The fourth-order valence-corrected chi connectivity index (χ4v) is 3.55. The minimum atomic E-state index is 0.472. The highest BCUT2D eigenvalue weighted by Crippen LogP contribution is 2.19. The van der Waals surface area contributed by atoms with Gasteiger partial charge in [-0.3, -0.25) is 9.89 Å². The molecular formula is C17H31N7O. The maximum Gasteiger partial charge on any atom is 0.191 e. The molecule has 140 valence electrons. The van der Waals surface area contributed by atoms with E-state index < -0.39 is 0 Å². The highest BCUT2D eigenvalue weighted by Gasteiger charge is 2.22. The standard InChI is InChI=1S/C17H31N7O/c1-13(23-6-8-25-9-7-23)10-19-17(18-3)20-11-15-4-5-16-22-21-14(2)24(16)12-15/h13,15H,4-12H2,1-3H3,(H2,18,19,20). The monoisotopic (exact) mass is 349 g/mol. The zero-order valence-corrected chi connectivity index (χ0v) is 15.7. The highest BCUT2D eigenvalue weighted by molar-refractivity contribution is 5.79. The summed E-state index contributed by atoms with van der Waals surface area (Å²) in [5.74, 6) is 3.60. The molecule has 0 amide bonds. The normalized spacial score (nSPS) is 23.2. The fraction of sp³-hybridized carbons (Fsp3) is 0.824. The van der Waals surface area contributed by atoms with Gasteiger partial charge in [0.05, 0.1) is 13.2 Å². The lowest BCUT2D eigenvalue weighted by molar-refractivity contribution is 0.0211. The van der Waals surface area contributed by atoms with Gasteiger partial charge in [0, 0.05) is 52.2 Å². The lowest BCUT2D eigenvalue weighted by Crippen LogP contribution is -2.50. The number of ether oxygens (including phenoxy) is 1. The zero-order chi connectivity index (χ0) is 17.6. The Hall–Kier alpha value is -1.67. The van der Waals surface area contributed by atoms with Gasteiger partial charge in [0.15, 0.2) is 5.96 Å². The summed E-state index contributed by atoms with van der Waals surface area (Å²) in [5, 5.41) is 15.4. The van der Waals surface area contributed by atoms with Gasteiger partial charge in [-0.15, -0.1) is 10.2 Å². The van der Waals surface area contributed by atoms with Crippen LogP contribution in [0.15, 0.2) is 4.99 Å². The van der Waals surface area contributed by atoms with Crippen LogP contribution in [0.5, 0.6) is 0 Å². The summed E-state index contributed by atoms with van der Waals surface area (Å²) < 4.78 is 7.66. The summed E-state index contributed by atoms with van der Waals surface area (Å²) in [6, 6.07) is 0.472. The molecule has 1 saturated heterocycles. The van der Waals surface area contributed by atoms with Gasteiger partial charge < -0.3 is 19.9 Å². The largest absolute Gasteiger partial charge is 0.379 e. The first kappa shape index (κ1) is 18.1. The Labute approximate surface area is 150 Å². The van der Waals surface area contributed by atoms with Gasteiger partial charge in [-0.25, -0.2) is 0 Å². The van der Waals surface area contributed by atoms with Crippen molar-refractivity contribution in [2.45, 2.75) is 39.3 Å². The van der Waals surface area contributed by atoms with E-state index in [0.29, 0.717) is 12.0 Å². The summed E-state index contributed by atoms with van der Waals surface area (Å²) in [6.07, 6.45) is 2.15. The van der Waals surface area contributed by atoms with Gasteiger partial charge in [0.25, 0.3) is 0 Å². The third kappa shape index (κ3) is 4.70. The Morgan fingerprint density at radius 2 is 2.12 bits per heavy atom. The first-order valence-electron chi connectivity index (χ1n) is 9.32. The molecule has 0 aliphatic carbocycles. The number of aryl methyl sites for hydroxylation is 2. The van der Waals surface area contributed by atoms with Crippen molar-refractivity contribution in [1.29, 1.82) is 0 Å². The molecule has 3 rings (SSSR count). The smallest absolute Gasteiger partial charge is 0.191 e. The SMILES string of the molecule is CN=C(NCC1CCc2nnc(C)n2C1)NCC(C)N1CCOCC1. The van der Waals surface area contributed by atoms with E-state index in [9.17, 15) is 0 Å². The van der Waals surface area contributed by atoms with Crippen LogP contribution >= 0.6 is 0 Å². The van der Waals surface area contributed by atoms with Crippen LogP contribution in [0, 0.1) is 12.8 Å². The first-order chi connectivity index (χ1) is 12.2. The number of nitrogens with zero attached hydrogens (tertiary/aromatic N) is 5. The maximum atomic E-state index is 5.42. The molecule has 2 N–H and O–H groups in total. The Morgan fingerprint density at radius 1 is 1.32 bits per heavy atom. The molecule has 2 aliphatic rings. The number of hydrogen-bond acceptors (Lipinski definition) is 5. The summed E-state index contributed by atoms with van der Waals surface area (Å²) in [7, 11) is 1.83. The van der Waals surface area contributed by atoms with Crippen molar-refractivity contribution in [3.8, 4) is 0 Å². The minimum Gasteiger partial charge on any atom is -0.379 e. The lowest BCUT2D eigenvalue weighted by atomic mass is 9.99. The summed E-state index contributed by atoms with van der Waals surface area (Å²) >= 11 is 0. The highest BCUT2D eigenvalue weighted by atomic mass is 16.5. The predicted octanol–water partition coefficient (Wildman–Crippen LogP) is 0.0346. The van der Waals surface area contributed by atoms with Crippen LogP contribution < -0.4 is 10.6 Å². The molecule has 1 aromatic rings. The van der Waals surface area contributed by atoms with Crippen LogP contribution in [-0.4, -0.2) is 78.1 Å². The van der Waals surface area contributed by atoms with Crippen molar-refractivity contribution in [3.63, 3.8) is 0 Å². The zero-order valence-electron chi connectivity index (χ0n) is 15.7. The molecule has 0 aromatic carbocycles. The number of nitrogens with one attached hydrogen (secondary N) is 2. The molecule has 8 heteroatoms. The number of rotatable bonds is 5. The third-order valence-electron chi connectivity index (χ3n) is 5.25. The predicted molar refractivity (Wildman–Crippen MR) is 97.8 cm³/mol. The molecule has 0 spiro atoms. The average Bonchev–Trinajstić information content (AvgIpc) is 3.03. The van der Waals surface area contributed by atoms with Crippen LogP contribution in [0.2, 0.25) is 0 Å². The summed E-state index contributed by atoms with van der Waals surface area (Å²) in [5.41, 5.74) is 0. The van der Waals surface area contributed by atoms with Crippen LogP contribution in [0.1, 0.15) is 25.0 Å². The van der Waals surface area contributed by atoms with Crippen LogP contribution in [0.4, 0.5) is 0 Å². The van der Waals surface area contributed by atoms with Crippen molar-refractivity contribution in [3.05, 3.63) is 11.6 Å². The molecule has 0 saturated carbocycles. The molecule has 1 aromatic heterocycles. The summed E-state index contributed by atoms with van der Waals surface area (Å²) in [6.45, 7) is 10.8. The number of aliphatic imine (C=N–C) groups is 1. The fourth-order valence-electron chi connectivity index (χ4n) is 3.55. The second-order valence-corrected chi connectivity index (χ2v) is 7.01. The number of guanidine groups is 1. The maximum absolute atomic E-state index is 5.42. The topological polar surface area (TPSA) is 79.6 Å². The second kappa shape index (κ2) is 8.62. The summed E-state index contributed by atoms with van der Waals surface area (Å²) in [4.78, 5) is 6.82. The van der Waals surface area contributed by atoms with E-state index in [1.807, 2.05) is 14.0 Å². The molecule has 25 heavy (non-hydrogen) atoms.